The fourth-order valence-electron chi connectivity index (χ4n) is 2.51. The van der Waals surface area contributed by atoms with Gasteiger partial charge in [0.25, 0.3) is 5.56 Å². The van der Waals surface area contributed by atoms with E-state index in [1.807, 2.05) is 4.98 Å². The second-order valence-corrected chi connectivity index (χ2v) is 13.3. The summed E-state index contributed by atoms with van der Waals surface area (Å²) in [6.45, 7) is 0.924. The van der Waals surface area contributed by atoms with Crippen LogP contribution in [-0.4, -0.2) is 59.7 Å². The highest BCUT2D eigenvalue weighted by molar-refractivity contribution is 7.70. The maximum absolute atomic E-state index is 11.9. The van der Waals surface area contributed by atoms with Crippen molar-refractivity contribution in [2.45, 2.75) is 31.8 Å². The first-order valence-corrected chi connectivity index (χ1v) is 15.0. The van der Waals surface area contributed by atoms with Gasteiger partial charge in [-0.05, 0) is 6.92 Å². The molecule has 1 saturated heterocycles. The molecule has 7 atom stereocenters. The van der Waals surface area contributed by atoms with Crippen LogP contribution in [0.4, 0.5) is 0 Å². The van der Waals surface area contributed by atoms with Crippen LogP contribution < -0.4 is 11.2 Å². The number of ether oxygens (including phenoxy) is 1. The fraction of sp³-hybridized carbons (Fsp3) is 0.636. The molecule has 0 amide bonds. The summed E-state index contributed by atoms with van der Waals surface area (Å²) in [5.74, 6) is 0. The molecule has 0 spiro atoms. The summed E-state index contributed by atoms with van der Waals surface area (Å²) < 4.78 is 67.8. The van der Waals surface area contributed by atoms with Crippen LogP contribution >= 0.6 is 31.1 Å². The first-order valence-electron chi connectivity index (χ1n) is 8.52. The number of phosphoric ester groups is 1. The number of hydrogen-bond acceptors (Lipinski definition) is 12. The number of aromatic nitrogens is 2. The van der Waals surface area contributed by atoms with Gasteiger partial charge in [-0.25, -0.2) is 22.8 Å². The van der Waals surface area contributed by atoms with Crippen LogP contribution in [0.3, 0.4) is 0 Å². The standard InChI is InChI=1S/C11H20N2O16P4/c1-6-4-13(11(16)12-10(6)15)9-3-7(14)8(26-9)5-25-31(19,20)28-33(23,24)29-32(21,22)27-30(2,17)18/h4,7-9,14H,3,5H2,1-2H3,(H,17,18)(H,19,20)(H,21,22)(H,23,24)(H,12,15,16)/t7?,8-,9-/m1/s1. The SMILES string of the molecule is Cc1cn([C@H]2CC(O)[C@@H](COP(=O)(O)OP(=O)(O)OP(=O)(O)OP(C)(=O)O)O2)c(=O)[nH]c1=O. The third-order valence-electron chi connectivity index (χ3n) is 3.73. The van der Waals surface area contributed by atoms with Crippen molar-refractivity contribution < 1.29 is 65.1 Å². The van der Waals surface area contributed by atoms with Crippen molar-refractivity contribution in [2.24, 2.45) is 0 Å². The van der Waals surface area contributed by atoms with Crippen molar-refractivity contribution in [1.29, 1.82) is 0 Å². The van der Waals surface area contributed by atoms with Crippen LogP contribution in [0.15, 0.2) is 15.8 Å². The van der Waals surface area contributed by atoms with E-state index in [-0.39, 0.29) is 12.0 Å². The molecule has 0 saturated carbocycles. The lowest BCUT2D eigenvalue weighted by Crippen LogP contribution is -2.33. The molecule has 1 aliphatic rings. The summed E-state index contributed by atoms with van der Waals surface area (Å²) in [5.41, 5.74) is -1.33. The topological polar surface area (TPSA) is 270 Å². The molecule has 0 aromatic carbocycles. The number of hydrogen-bond donors (Lipinski definition) is 6. The average molecular weight is 560 g/mol. The van der Waals surface area contributed by atoms with Gasteiger partial charge in [-0.15, -0.1) is 0 Å². The minimum Gasteiger partial charge on any atom is -0.390 e. The van der Waals surface area contributed by atoms with E-state index in [4.69, 9.17) is 14.5 Å². The molecule has 0 radical (unpaired) electrons. The van der Waals surface area contributed by atoms with Crippen LogP contribution in [-0.2, 0) is 40.5 Å². The van der Waals surface area contributed by atoms with Gasteiger partial charge in [-0.1, -0.05) is 0 Å². The smallest absolute Gasteiger partial charge is 0.390 e. The molecule has 1 aromatic rings. The van der Waals surface area contributed by atoms with Gasteiger partial charge < -0.3 is 29.4 Å². The Hall–Kier alpha value is -0.800. The number of phosphoric acid groups is 3. The zero-order valence-corrected chi connectivity index (χ0v) is 20.3. The molecule has 0 aliphatic carbocycles. The zero-order valence-electron chi connectivity index (χ0n) is 16.7. The molecular formula is C11H20N2O16P4. The molecule has 1 aromatic heterocycles. The third-order valence-corrected chi connectivity index (χ3v) is 9.54. The molecule has 18 nitrogen and oxygen atoms in total. The summed E-state index contributed by atoms with van der Waals surface area (Å²) in [5, 5.41) is 10.1. The molecular weight excluding hydrogens is 540 g/mol. The summed E-state index contributed by atoms with van der Waals surface area (Å²) in [7, 11) is -21.7. The average Bonchev–Trinajstić information content (AvgIpc) is 2.92. The van der Waals surface area contributed by atoms with Crippen LogP contribution in [0, 0.1) is 6.92 Å². The Morgan fingerprint density at radius 2 is 1.61 bits per heavy atom. The summed E-state index contributed by atoms with van der Waals surface area (Å²) in [6.07, 6.45) is -2.87. The van der Waals surface area contributed by atoms with Gasteiger partial charge in [-0.2, -0.15) is 8.62 Å². The van der Waals surface area contributed by atoms with E-state index in [1.54, 1.807) is 0 Å². The normalized spacial score (nSPS) is 28.4. The summed E-state index contributed by atoms with van der Waals surface area (Å²) >= 11 is 0. The van der Waals surface area contributed by atoms with Crippen LogP contribution in [0.1, 0.15) is 18.2 Å². The van der Waals surface area contributed by atoms with Gasteiger partial charge in [-0.3, -0.25) is 23.4 Å². The predicted octanol–water partition coefficient (Wildman–Crippen LogP) is -0.324. The van der Waals surface area contributed by atoms with E-state index < -0.39 is 67.4 Å². The molecule has 22 heteroatoms. The van der Waals surface area contributed by atoms with E-state index in [2.05, 4.69) is 17.5 Å². The number of nitrogens with one attached hydrogen (secondary N) is 1. The number of H-pyrrole nitrogens is 1. The Balaban J connectivity index is 2.01. The van der Waals surface area contributed by atoms with Crippen molar-refractivity contribution in [2.75, 3.05) is 13.3 Å². The van der Waals surface area contributed by atoms with Crippen LogP contribution in [0.5, 0.6) is 0 Å². The van der Waals surface area contributed by atoms with Crippen molar-refractivity contribution in [1.82, 2.24) is 9.55 Å². The second kappa shape index (κ2) is 10.1. The fourth-order valence-corrected chi connectivity index (χ4v) is 7.43. The maximum Gasteiger partial charge on any atom is 0.490 e. The van der Waals surface area contributed by atoms with Crippen LogP contribution in [0.25, 0.3) is 0 Å². The van der Waals surface area contributed by atoms with E-state index in [0.29, 0.717) is 6.66 Å². The Kier molecular flexibility index (Phi) is 8.66. The molecule has 33 heavy (non-hydrogen) atoms. The van der Waals surface area contributed by atoms with Gasteiger partial charge in [0.05, 0.1) is 12.7 Å². The van der Waals surface area contributed by atoms with Crippen molar-refractivity contribution >= 4 is 31.1 Å². The Morgan fingerprint density at radius 1 is 1.06 bits per heavy atom. The number of nitrogens with zero attached hydrogens (tertiary/aromatic N) is 1. The van der Waals surface area contributed by atoms with E-state index in [9.17, 15) is 42.7 Å². The molecule has 2 rings (SSSR count). The van der Waals surface area contributed by atoms with Crippen molar-refractivity contribution in [3.63, 3.8) is 0 Å². The second-order valence-electron chi connectivity index (χ2n) is 6.66. The lowest BCUT2D eigenvalue weighted by molar-refractivity contribution is -0.0450. The molecule has 6 N–H and O–H groups in total. The van der Waals surface area contributed by atoms with E-state index in [0.717, 1.165) is 10.8 Å². The summed E-state index contributed by atoms with van der Waals surface area (Å²) in [6, 6.07) is 0. The quantitative estimate of drug-likeness (QED) is 0.200. The lowest BCUT2D eigenvalue weighted by Gasteiger charge is -2.20. The molecule has 190 valence electrons. The summed E-state index contributed by atoms with van der Waals surface area (Å²) in [4.78, 5) is 62.4. The molecule has 1 fully saturated rings. The largest absolute Gasteiger partial charge is 0.490 e. The van der Waals surface area contributed by atoms with Gasteiger partial charge >= 0.3 is 36.8 Å². The van der Waals surface area contributed by atoms with Gasteiger partial charge in [0.2, 0.25) is 0 Å². The maximum atomic E-state index is 11.9. The Bertz CT molecular complexity index is 1190. The van der Waals surface area contributed by atoms with Gasteiger partial charge in [0.15, 0.2) is 0 Å². The molecule has 1 aliphatic heterocycles. The number of rotatable bonds is 10. The molecule has 5 unspecified atom stereocenters. The highest BCUT2D eigenvalue weighted by atomic mass is 31.3. The third kappa shape index (κ3) is 8.73. The highest BCUT2D eigenvalue weighted by Gasteiger charge is 2.45. The highest BCUT2D eigenvalue weighted by Crippen LogP contribution is 2.70. The zero-order chi connectivity index (χ0) is 25.4. The van der Waals surface area contributed by atoms with Crippen molar-refractivity contribution in [3.8, 4) is 0 Å². The lowest BCUT2D eigenvalue weighted by atomic mass is 10.2. The monoisotopic (exact) mass is 560 g/mol. The molecule has 0 bridgehead atoms. The van der Waals surface area contributed by atoms with E-state index >= 15 is 0 Å². The van der Waals surface area contributed by atoms with Gasteiger partial charge in [0.1, 0.15) is 12.3 Å². The van der Waals surface area contributed by atoms with E-state index in [1.165, 1.54) is 6.92 Å². The minimum absolute atomic E-state index is 0.158. The number of aromatic amines is 1. The first-order chi connectivity index (χ1) is 14.8. The minimum atomic E-state index is -5.87. The Morgan fingerprint density at radius 3 is 2.18 bits per heavy atom. The number of aryl methyl sites for hydroxylation is 1. The number of aliphatic hydroxyl groups excluding tert-OH is 1. The van der Waals surface area contributed by atoms with Gasteiger partial charge in [0, 0.05) is 24.8 Å². The predicted molar refractivity (Wildman–Crippen MR) is 105 cm³/mol. The first kappa shape index (κ1) is 28.4. The van der Waals surface area contributed by atoms with Crippen molar-refractivity contribution in [3.05, 3.63) is 32.6 Å². The number of aliphatic hydroxyl groups is 1. The van der Waals surface area contributed by atoms with Crippen LogP contribution in [0.2, 0.25) is 0 Å². The molecule has 2 heterocycles. The Labute approximate surface area is 184 Å².